The molecule has 1 aliphatic heterocycles. The van der Waals surface area contributed by atoms with Crippen molar-refractivity contribution in [3.05, 3.63) is 0 Å². The van der Waals surface area contributed by atoms with Gasteiger partial charge in [0.1, 0.15) is 0 Å². The molecule has 1 fully saturated rings. The Hall–Kier alpha value is -0.0800. The van der Waals surface area contributed by atoms with Gasteiger partial charge in [-0.1, -0.05) is 13.8 Å². The first-order valence-electron chi connectivity index (χ1n) is 4.62. The highest BCUT2D eigenvalue weighted by Gasteiger charge is 2.20. The fourth-order valence-corrected chi connectivity index (χ4v) is 1.75. The van der Waals surface area contributed by atoms with Crippen LogP contribution in [0.15, 0.2) is 0 Å². The number of nitrogens with zero attached hydrogens (tertiary/aromatic N) is 1. The summed E-state index contributed by atoms with van der Waals surface area (Å²) in [6.07, 6.45) is 1.32. The van der Waals surface area contributed by atoms with E-state index < -0.39 is 0 Å². The highest BCUT2D eigenvalue weighted by atomic mass is 15.2. The van der Waals surface area contributed by atoms with Crippen LogP contribution in [0.3, 0.4) is 0 Å². The zero-order valence-electron chi connectivity index (χ0n) is 7.93. The molecule has 0 bridgehead atoms. The summed E-state index contributed by atoms with van der Waals surface area (Å²) in [5.41, 5.74) is 0. The minimum absolute atomic E-state index is 0.744. The number of likely N-dealkylation sites (N-methyl/N-ethyl adjacent to an activating group) is 1. The summed E-state index contributed by atoms with van der Waals surface area (Å²) in [4.78, 5) is 2.55. The van der Waals surface area contributed by atoms with E-state index in [1.165, 1.54) is 26.1 Å². The quantitative estimate of drug-likeness (QED) is 0.654. The van der Waals surface area contributed by atoms with E-state index >= 15 is 0 Å². The lowest BCUT2D eigenvalue weighted by molar-refractivity contribution is 0.292. The van der Waals surface area contributed by atoms with Gasteiger partial charge < -0.3 is 10.2 Å². The molecule has 1 atom stereocenters. The molecule has 1 aliphatic rings. The highest BCUT2D eigenvalue weighted by Crippen LogP contribution is 2.10. The van der Waals surface area contributed by atoms with E-state index in [0.717, 1.165) is 12.0 Å². The van der Waals surface area contributed by atoms with Crippen LogP contribution in [0.4, 0.5) is 0 Å². The zero-order valence-corrected chi connectivity index (χ0v) is 7.93. The third-order valence-electron chi connectivity index (χ3n) is 2.30. The number of likely N-dealkylation sites (tertiary alicyclic amines) is 1. The van der Waals surface area contributed by atoms with Crippen molar-refractivity contribution < 1.29 is 0 Å². The van der Waals surface area contributed by atoms with Gasteiger partial charge >= 0.3 is 0 Å². The van der Waals surface area contributed by atoms with Crippen molar-refractivity contribution in [2.45, 2.75) is 26.3 Å². The van der Waals surface area contributed by atoms with Gasteiger partial charge in [-0.25, -0.2) is 0 Å². The predicted molar refractivity (Wildman–Crippen MR) is 48.7 cm³/mol. The molecule has 0 aromatic rings. The average Bonchev–Trinajstić information content (AvgIpc) is 2.34. The normalized spacial score (nSPS) is 26.7. The third-order valence-corrected chi connectivity index (χ3v) is 2.30. The van der Waals surface area contributed by atoms with E-state index in [0.29, 0.717) is 0 Å². The Kier molecular flexibility index (Phi) is 3.34. The molecule has 0 aromatic carbocycles. The Labute approximate surface area is 70.0 Å². The molecule has 0 amide bonds. The molecule has 0 aliphatic carbocycles. The van der Waals surface area contributed by atoms with Gasteiger partial charge in [-0.15, -0.1) is 0 Å². The van der Waals surface area contributed by atoms with Gasteiger partial charge in [0.05, 0.1) is 0 Å². The van der Waals surface area contributed by atoms with Crippen LogP contribution in [0, 0.1) is 5.92 Å². The van der Waals surface area contributed by atoms with Crippen LogP contribution in [0.1, 0.15) is 20.3 Å². The number of hydrogen-bond donors (Lipinski definition) is 1. The van der Waals surface area contributed by atoms with Crippen molar-refractivity contribution in [3.63, 3.8) is 0 Å². The van der Waals surface area contributed by atoms with Gasteiger partial charge in [0.15, 0.2) is 0 Å². The molecule has 1 saturated heterocycles. The van der Waals surface area contributed by atoms with Crippen molar-refractivity contribution in [2.24, 2.45) is 5.92 Å². The van der Waals surface area contributed by atoms with Crippen LogP contribution in [0.5, 0.6) is 0 Å². The smallest absolute Gasteiger partial charge is 0.0204 e. The van der Waals surface area contributed by atoms with Crippen molar-refractivity contribution >= 4 is 0 Å². The summed E-state index contributed by atoms with van der Waals surface area (Å²) in [5, 5.41) is 3.33. The Morgan fingerprint density at radius 1 is 1.55 bits per heavy atom. The first-order chi connectivity index (χ1) is 5.22. The number of nitrogens with one attached hydrogen (secondary N) is 1. The topological polar surface area (TPSA) is 15.3 Å². The number of rotatable bonds is 3. The molecular weight excluding hydrogens is 136 g/mol. The number of hydrogen-bond acceptors (Lipinski definition) is 2. The zero-order chi connectivity index (χ0) is 8.27. The van der Waals surface area contributed by atoms with E-state index in [-0.39, 0.29) is 0 Å². The third kappa shape index (κ3) is 2.80. The second kappa shape index (κ2) is 4.07. The van der Waals surface area contributed by atoms with Gasteiger partial charge in [0.25, 0.3) is 0 Å². The minimum atomic E-state index is 0.744. The van der Waals surface area contributed by atoms with E-state index in [9.17, 15) is 0 Å². The average molecular weight is 156 g/mol. The Bertz CT molecular complexity index is 112. The minimum Gasteiger partial charge on any atom is -0.316 e. The second-order valence-corrected chi connectivity index (χ2v) is 3.93. The second-order valence-electron chi connectivity index (χ2n) is 3.93. The fourth-order valence-electron chi connectivity index (χ4n) is 1.75. The van der Waals surface area contributed by atoms with Gasteiger partial charge in [0, 0.05) is 19.1 Å². The summed E-state index contributed by atoms with van der Waals surface area (Å²) >= 11 is 0. The largest absolute Gasteiger partial charge is 0.316 e. The van der Waals surface area contributed by atoms with Crippen molar-refractivity contribution in [1.29, 1.82) is 0 Å². The maximum atomic E-state index is 3.33. The molecule has 0 saturated carbocycles. The predicted octanol–water partition coefficient (Wildman–Crippen LogP) is 0.936. The molecule has 0 aromatic heterocycles. The van der Waals surface area contributed by atoms with Crippen LogP contribution in [-0.2, 0) is 0 Å². The van der Waals surface area contributed by atoms with E-state index in [4.69, 9.17) is 0 Å². The molecule has 0 spiro atoms. The Morgan fingerprint density at radius 3 is 2.73 bits per heavy atom. The summed E-state index contributed by atoms with van der Waals surface area (Å²) in [6.45, 7) is 8.36. The van der Waals surface area contributed by atoms with Crippen LogP contribution >= 0.6 is 0 Å². The molecule has 2 heteroatoms. The maximum Gasteiger partial charge on any atom is 0.0204 e. The Morgan fingerprint density at radius 2 is 2.27 bits per heavy atom. The first kappa shape index (κ1) is 9.01. The molecule has 1 rings (SSSR count). The SMILES string of the molecule is CN[C@H]1CCN(CC(C)C)C1. The Balaban J connectivity index is 2.19. The summed E-state index contributed by atoms with van der Waals surface area (Å²) in [5.74, 6) is 0.811. The van der Waals surface area contributed by atoms with Crippen LogP contribution in [0.2, 0.25) is 0 Å². The standard InChI is InChI=1S/C9H20N2/c1-8(2)6-11-5-4-9(7-11)10-3/h8-10H,4-7H2,1-3H3/t9-/m0/s1. The lowest BCUT2D eigenvalue weighted by atomic mass is 10.2. The van der Waals surface area contributed by atoms with E-state index in [1.54, 1.807) is 0 Å². The van der Waals surface area contributed by atoms with Crippen molar-refractivity contribution in [2.75, 3.05) is 26.7 Å². The molecule has 0 unspecified atom stereocenters. The highest BCUT2D eigenvalue weighted by molar-refractivity contribution is 4.79. The van der Waals surface area contributed by atoms with Crippen LogP contribution < -0.4 is 5.32 Å². The van der Waals surface area contributed by atoms with Crippen molar-refractivity contribution in [3.8, 4) is 0 Å². The molecular formula is C9H20N2. The fraction of sp³-hybridized carbons (Fsp3) is 1.00. The van der Waals surface area contributed by atoms with Gasteiger partial charge in [-0.05, 0) is 25.9 Å². The van der Waals surface area contributed by atoms with E-state index in [1.807, 2.05) is 0 Å². The van der Waals surface area contributed by atoms with Gasteiger partial charge in [-0.2, -0.15) is 0 Å². The van der Waals surface area contributed by atoms with Crippen LogP contribution in [0.25, 0.3) is 0 Å². The molecule has 66 valence electrons. The van der Waals surface area contributed by atoms with E-state index in [2.05, 4.69) is 31.1 Å². The summed E-state index contributed by atoms with van der Waals surface area (Å²) < 4.78 is 0. The first-order valence-corrected chi connectivity index (χ1v) is 4.62. The monoisotopic (exact) mass is 156 g/mol. The molecule has 1 heterocycles. The molecule has 0 radical (unpaired) electrons. The summed E-state index contributed by atoms with van der Waals surface area (Å²) in [7, 11) is 2.06. The molecule has 11 heavy (non-hydrogen) atoms. The van der Waals surface area contributed by atoms with Gasteiger partial charge in [-0.3, -0.25) is 0 Å². The molecule has 2 nitrogen and oxygen atoms in total. The van der Waals surface area contributed by atoms with Crippen molar-refractivity contribution in [1.82, 2.24) is 10.2 Å². The summed E-state index contributed by atoms with van der Waals surface area (Å²) in [6, 6.07) is 0.744. The lowest BCUT2D eigenvalue weighted by Crippen LogP contribution is -2.31. The maximum absolute atomic E-state index is 3.33. The molecule has 1 N–H and O–H groups in total. The van der Waals surface area contributed by atoms with Crippen LogP contribution in [-0.4, -0.2) is 37.6 Å². The van der Waals surface area contributed by atoms with Gasteiger partial charge in [0.2, 0.25) is 0 Å². The lowest BCUT2D eigenvalue weighted by Gasteiger charge is -2.17.